The Morgan fingerprint density at radius 2 is 1.80 bits per heavy atom. The molecule has 2 aromatic carbocycles. The van der Waals surface area contributed by atoms with Gasteiger partial charge in [0.2, 0.25) is 0 Å². The number of halogens is 2. The van der Waals surface area contributed by atoms with Crippen molar-refractivity contribution in [1.82, 2.24) is 0 Å². The van der Waals surface area contributed by atoms with Gasteiger partial charge < -0.3 is 10.6 Å². The lowest BCUT2D eigenvalue weighted by Gasteiger charge is -2.16. The molecule has 0 bridgehead atoms. The van der Waals surface area contributed by atoms with Crippen molar-refractivity contribution in [2.24, 2.45) is 5.73 Å². The lowest BCUT2D eigenvalue weighted by atomic mass is 9.99. The van der Waals surface area contributed by atoms with Crippen LogP contribution in [0.2, 0.25) is 5.02 Å². The summed E-state index contributed by atoms with van der Waals surface area (Å²) in [6.45, 7) is 0. The highest BCUT2D eigenvalue weighted by atomic mass is 35.5. The number of benzene rings is 2. The van der Waals surface area contributed by atoms with Gasteiger partial charge in [-0.2, -0.15) is 0 Å². The summed E-state index contributed by atoms with van der Waals surface area (Å²) in [7, 11) is 3.97. The maximum Gasteiger partial charge on any atom is 0.127 e. The number of nitrogens with two attached hydrogens (primary N) is 1. The van der Waals surface area contributed by atoms with Gasteiger partial charge in [-0.25, -0.2) is 4.39 Å². The van der Waals surface area contributed by atoms with Crippen molar-refractivity contribution in [3.05, 3.63) is 64.4 Å². The topological polar surface area (TPSA) is 29.3 Å². The molecule has 2 nitrogen and oxygen atoms in total. The van der Waals surface area contributed by atoms with Crippen LogP contribution in [0.4, 0.5) is 10.1 Å². The monoisotopic (exact) mass is 292 g/mol. The van der Waals surface area contributed by atoms with Crippen molar-refractivity contribution in [1.29, 1.82) is 0 Å². The quantitative estimate of drug-likeness (QED) is 0.929. The molecular weight excluding hydrogens is 275 g/mol. The Morgan fingerprint density at radius 3 is 2.35 bits per heavy atom. The summed E-state index contributed by atoms with van der Waals surface area (Å²) in [5, 5.41) is 0.398. The maximum absolute atomic E-state index is 13.7. The number of hydrogen-bond donors (Lipinski definition) is 1. The molecule has 1 atom stereocenters. The number of rotatable bonds is 4. The van der Waals surface area contributed by atoms with Crippen LogP contribution in [0, 0.1) is 5.82 Å². The van der Waals surface area contributed by atoms with Crippen molar-refractivity contribution in [2.45, 2.75) is 12.5 Å². The predicted molar refractivity (Wildman–Crippen MR) is 82.8 cm³/mol. The van der Waals surface area contributed by atoms with Crippen LogP contribution >= 0.6 is 11.6 Å². The van der Waals surface area contributed by atoms with E-state index in [9.17, 15) is 4.39 Å². The van der Waals surface area contributed by atoms with Gasteiger partial charge in [0.15, 0.2) is 0 Å². The maximum atomic E-state index is 13.7. The first kappa shape index (κ1) is 14.8. The van der Waals surface area contributed by atoms with Crippen LogP contribution in [-0.2, 0) is 6.42 Å². The molecule has 0 fully saturated rings. The molecule has 1 unspecified atom stereocenters. The fourth-order valence-electron chi connectivity index (χ4n) is 2.06. The molecule has 2 N–H and O–H groups in total. The molecule has 0 heterocycles. The van der Waals surface area contributed by atoms with Gasteiger partial charge in [0.25, 0.3) is 0 Å². The van der Waals surface area contributed by atoms with Crippen molar-refractivity contribution < 1.29 is 4.39 Å². The minimum Gasteiger partial charge on any atom is -0.378 e. The zero-order chi connectivity index (χ0) is 14.7. The van der Waals surface area contributed by atoms with Crippen LogP contribution in [0.25, 0.3) is 0 Å². The van der Waals surface area contributed by atoms with Gasteiger partial charge in [-0.1, -0.05) is 29.8 Å². The van der Waals surface area contributed by atoms with Crippen LogP contribution in [0.1, 0.15) is 17.2 Å². The standard InChI is InChI=1S/C16H18ClFN2/c1-20(2)14-7-4-11(5-8-14)16(19)9-12-3-6-13(17)10-15(12)18/h3-8,10,16H,9,19H2,1-2H3. The molecule has 0 saturated heterocycles. The van der Waals surface area contributed by atoms with Crippen LogP contribution in [0.3, 0.4) is 0 Å². The Balaban J connectivity index is 2.13. The first-order valence-corrected chi connectivity index (χ1v) is 6.82. The molecular formula is C16H18ClFN2. The second kappa shape index (κ2) is 6.25. The lowest BCUT2D eigenvalue weighted by molar-refractivity contribution is 0.593. The van der Waals surface area contributed by atoms with Crippen molar-refractivity contribution in [3.8, 4) is 0 Å². The number of anilines is 1. The van der Waals surface area contributed by atoms with Crippen LogP contribution in [-0.4, -0.2) is 14.1 Å². The van der Waals surface area contributed by atoms with Crippen LogP contribution in [0.15, 0.2) is 42.5 Å². The van der Waals surface area contributed by atoms with Gasteiger partial charge in [-0.3, -0.25) is 0 Å². The second-order valence-corrected chi connectivity index (χ2v) is 5.47. The SMILES string of the molecule is CN(C)c1ccc(C(N)Cc2ccc(Cl)cc2F)cc1. The molecule has 0 aliphatic heterocycles. The summed E-state index contributed by atoms with van der Waals surface area (Å²) < 4.78 is 13.7. The molecule has 0 saturated carbocycles. The summed E-state index contributed by atoms with van der Waals surface area (Å²) in [5.74, 6) is -0.308. The highest BCUT2D eigenvalue weighted by molar-refractivity contribution is 6.30. The number of hydrogen-bond acceptors (Lipinski definition) is 2. The summed E-state index contributed by atoms with van der Waals surface area (Å²) in [5.41, 5.74) is 8.83. The van der Waals surface area contributed by atoms with Gasteiger partial charge in [-0.05, 0) is 41.8 Å². The van der Waals surface area contributed by atoms with E-state index >= 15 is 0 Å². The van der Waals surface area contributed by atoms with Gasteiger partial charge in [0.1, 0.15) is 5.82 Å². The molecule has 0 aromatic heterocycles. The predicted octanol–water partition coefficient (Wildman–Crippen LogP) is 3.79. The molecule has 4 heteroatoms. The van der Waals surface area contributed by atoms with E-state index < -0.39 is 0 Å². The lowest BCUT2D eigenvalue weighted by Crippen LogP contribution is -2.15. The van der Waals surface area contributed by atoms with Crippen molar-refractivity contribution in [2.75, 3.05) is 19.0 Å². The molecule has 0 spiro atoms. The smallest absolute Gasteiger partial charge is 0.127 e. The van der Waals surface area contributed by atoms with E-state index in [1.165, 1.54) is 6.07 Å². The molecule has 106 valence electrons. The average Bonchev–Trinajstić information content (AvgIpc) is 2.42. The van der Waals surface area contributed by atoms with Crippen LogP contribution in [0.5, 0.6) is 0 Å². The second-order valence-electron chi connectivity index (χ2n) is 5.03. The van der Waals surface area contributed by atoms with E-state index in [0.717, 1.165) is 11.3 Å². The fourth-order valence-corrected chi connectivity index (χ4v) is 2.22. The van der Waals surface area contributed by atoms with Crippen molar-refractivity contribution in [3.63, 3.8) is 0 Å². The molecule has 0 radical (unpaired) electrons. The molecule has 0 aliphatic rings. The molecule has 2 aromatic rings. The third kappa shape index (κ3) is 3.50. The zero-order valence-corrected chi connectivity index (χ0v) is 12.4. The molecule has 0 aliphatic carbocycles. The normalized spacial score (nSPS) is 12.2. The molecule has 0 amide bonds. The largest absolute Gasteiger partial charge is 0.378 e. The van der Waals surface area contributed by atoms with E-state index in [4.69, 9.17) is 17.3 Å². The fraction of sp³-hybridized carbons (Fsp3) is 0.250. The summed E-state index contributed by atoms with van der Waals surface area (Å²) in [6, 6.07) is 12.4. The van der Waals surface area contributed by atoms with E-state index in [1.54, 1.807) is 12.1 Å². The van der Waals surface area contributed by atoms with Gasteiger partial charge in [0.05, 0.1) is 0 Å². The third-order valence-electron chi connectivity index (χ3n) is 3.29. The Labute approximate surface area is 124 Å². The first-order chi connectivity index (χ1) is 9.47. The first-order valence-electron chi connectivity index (χ1n) is 6.44. The molecule has 20 heavy (non-hydrogen) atoms. The minimum absolute atomic E-state index is 0.234. The third-order valence-corrected chi connectivity index (χ3v) is 3.53. The Morgan fingerprint density at radius 1 is 1.15 bits per heavy atom. The zero-order valence-electron chi connectivity index (χ0n) is 11.6. The molecule has 2 rings (SSSR count). The van der Waals surface area contributed by atoms with Gasteiger partial charge in [-0.15, -0.1) is 0 Å². The van der Waals surface area contributed by atoms with Gasteiger partial charge in [0, 0.05) is 30.8 Å². The Hall–Kier alpha value is -1.58. The Bertz CT molecular complexity index is 582. The highest BCUT2D eigenvalue weighted by Crippen LogP contribution is 2.22. The van der Waals surface area contributed by atoms with E-state index in [-0.39, 0.29) is 11.9 Å². The minimum atomic E-state index is -0.308. The summed E-state index contributed by atoms with van der Waals surface area (Å²) in [6.07, 6.45) is 0.449. The highest BCUT2D eigenvalue weighted by Gasteiger charge is 2.11. The Kier molecular flexibility index (Phi) is 4.63. The van der Waals surface area contributed by atoms with E-state index in [0.29, 0.717) is 17.0 Å². The van der Waals surface area contributed by atoms with E-state index in [1.807, 2.05) is 43.3 Å². The van der Waals surface area contributed by atoms with E-state index in [2.05, 4.69) is 0 Å². The van der Waals surface area contributed by atoms with Gasteiger partial charge >= 0.3 is 0 Å². The number of nitrogens with zero attached hydrogens (tertiary/aromatic N) is 1. The van der Waals surface area contributed by atoms with Crippen LogP contribution < -0.4 is 10.6 Å². The average molecular weight is 293 g/mol. The summed E-state index contributed by atoms with van der Waals surface area (Å²) >= 11 is 5.74. The summed E-state index contributed by atoms with van der Waals surface area (Å²) in [4.78, 5) is 2.02. The van der Waals surface area contributed by atoms with Crippen molar-refractivity contribution >= 4 is 17.3 Å².